The highest BCUT2D eigenvalue weighted by Gasteiger charge is 2.52. The number of ether oxygens (including phenoxy) is 4. The lowest BCUT2D eigenvalue weighted by Crippen LogP contribution is -2.62. The number of methoxy groups -OCH3 is 1. The molecular weight excluding hydrogens is 426 g/mol. The van der Waals surface area contributed by atoms with E-state index < -0.39 is 47.9 Å². The van der Waals surface area contributed by atoms with Crippen LogP contribution in [-0.4, -0.2) is 70.3 Å². The van der Waals surface area contributed by atoms with Gasteiger partial charge in [-0.1, -0.05) is 5.21 Å². The van der Waals surface area contributed by atoms with E-state index in [-0.39, 0.29) is 24.2 Å². The minimum absolute atomic E-state index is 0.0564. The molecule has 2 aliphatic rings. The minimum Gasteiger partial charge on any atom is -0.411 e. The van der Waals surface area contributed by atoms with Gasteiger partial charge in [-0.2, -0.15) is 0 Å². The maximum Gasteiger partial charge on any atom is 0.163 e. The molecule has 2 saturated heterocycles. The summed E-state index contributed by atoms with van der Waals surface area (Å²) in [6.45, 7) is 5.26. The molecule has 11 heteroatoms. The molecule has 1 aromatic carbocycles. The molecule has 0 saturated carbocycles. The van der Waals surface area contributed by atoms with E-state index in [9.17, 15) is 8.78 Å². The van der Waals surface area contributed by atoms with Crippen molar-refractivity contribution in [1.82, 2.24) is 15.0 Å². The van der Waals surface area contributed by atoms with Crippen LogP contribution in [0.4, 0.5) is 8.78 Å². The third-order valence-electron chi connectivity index (χ3n) is 5.85. The zero-order chi connectivity index (χ0) is 23.0. The number of rotatable bonds is 5. The molecular formula is C21H26F2N4O5. The van der Waals surface area contributed by atoms with Crippen LogP contribution in [-0.2, 0) is 18.9 Å². The Balaban J connectivity index is 1.72. The zero-order valence-electron chi connectivity index (χ0n) is 18.2. The lowest BCUT2D eigenvalue weighted by atomic mass is 9.90. The molecule has 5 atom stereocenters. The second kappa shape index (κ2) is 8.81. The summed E-state index contributed by atoms with van der Waals surface area (Å²) in [5.41, 5.74) is 0.520. The van der Waals surface area contributed by atoms with Crippen LogP contribution >= 0.6 is 0 Å². The smallest absolute Gasteiger partial charge is 0.163 e. The van der Waals surface area contributed by atoms with Crippen LogP contribution in [0, 0.1) is 18.6 Å². The molecule has 9 nitrogen and oxygen atoms in total. The van der Waals surface area contributed by atoms with Gasteiger partial charge >= 0.3 is 0 Å². The van der Waals surface area contributed by atoms with E-state index in [2.05, 4.69) is 15.5 Å². The van der Waals surface area contributed by atoms with Crippen LogP contribution < -0.4 is 0 Å². The Labute approximate surface area is 183 Å². The minimum atomic E-state index is -0.854. The normalized spacial score (nSPS) is 29.9. The third kappa shape index (κ3) is 4.25. The van der Waals surface area contributed by atoms with Crippen LogP contribution in [0.1, 0.15) is 31.9 Å². The molecule has 4 rings (SSSR count). The Morgan fingerprint density at radius 1 is 1.34 bits per heavy atom. The van der Waals surface area contributed by atoms with E-state index in [0.717, 1.165) is 0 Å². The molecule has 1 N–H and O–H groups in total. The standard InChI is InChI=1S/C21H26F2N4O5/c1-11-13(22)7-12(8-14(11)23)15-9-27(26-25-15)18-19(29-4)16(5-6-24-28)31-17-10-30-21(2,3)32-20(17)18/h6-9,16-20,28H,5,10H2,1-4H3/t16-,17-,18-,19+,20+/m1/s1. The second-order valence-corrected chi connectivity index (χ2v) is 8.38. The van der Waals surface area contributed by atoms with Gasteiger partial charge in [0.1, 0.15) is 41.7 Å². The number of fused-ring (bicyclic) bond motifs is 1. The molecule has 2 fully saturated rings. The predicted molar refractivity (Wildman–Crippen MR) is 108 cm³/mol. The van der Waals surface area contributed by atoms with Gasteiger partial charge in [-0.25, -0.2) is 13.5 Å². The van der Waals surface area contributed by atoms with Crippen LogP contribution in [0.2, 0.25) is 0 Å². The van der Waals surface area contributed by atoms with Crippen molar-refractivity contribution in [3.05, 3.63) is 35.5 Å². The first kappa shape index (κ1) is 22.7. The van der Waals surface area contributed by atoms with Gasteiger partial charge in [0.2, 0.25) is 0 Å². The summed E-state index contributed by atoms with van der Waals surface area (Å²) in [4.78, 5) is 0. The van der Waals surface area contributed by atoms with Crippen molar-refractivity contribution in [1.29, 1.82) is 0 Å². The van der Waals surface area contributed by atoms with Gasteiger partial charge in [0.05, 0.1) is 18.9 Å². The first-order chi connectivity index (χ1) is 15.2. The molecule has 0 amide bonds. The average Bonchev–Trinajstić information content (AvgIpc) is 3.24. The van der Waals surface area contributed by atoms with E-state index in [0.29, 0.717) is 5.69 Å². The lowest BCUT2D eigenvalue weighted by molar-refractivity contribution is -0.349. The molecule has 0 aliphatic carbocycles. The molecule has 174 valence electrons. The van der Waals surface area contributed by atoms with Crippen molar-refractivity contribution in [3.8, 4) is 11.3 Å². The van der Waals surface area contributed by atoms with Crippen molar-refractivity contribution >= 4 is 6.21 Å². The van der Waals surface area contributed by atoms with Crippen molar-refractivity contribution in [2.24, 2.45) is 5.16 Å². The number of hydrogen-bond donors (Lipinski definition) is 1. The summed E-state index contributed by atoms with van der Waals surface area (Å²) < 4.78 is 53.6. The highest BCUT2D eigenvalue weighted by molar-refractivity contribution is 5.59. The number of hydrogen-bond acceptors (Lipinski definition) is 8. The number of benzene rings is 1. The number of nitrogens with zero attached hydrogens (tertiary/aromatic N) is 4. The first-order valence-corrected chi connectivity index (χ1v) is 10.3. The molecule has 0 radical (unpaired) electrons. The summed E-state index contributed by atoms with van der Waals surface area (Å²) in [6, 6.07) is 1.96. The number of aromatic nitrogens is 3. The Morgan fingerprint density at radius 3 is 2.72 bits per heavy atom. The maximum absolute atomic E-state index is 14.1. The van der Waals surface area contributed by atoms with E-state index in [1.54, 1.807) is 24.7 Å². The molecule has 2 aliphatic heterocycles. The molecule has 0 unspecified atom stereocenters. The topological polar surface area (TPSA) is 100 Å². The second-order valence-electron chi connectivity index (χ2n) is 8.38. The summed E-state index contributed by atoms with van der Waals surface area (Å²) >= 11 is 0. The fourth-order valence-corrected chi connectivity index (χ4v) is 4.21. The quantitative estimate of drug-likeness (QED) is 0.423. The molecule has 0 spiro atoms. The predicted octanol–water partition coefficient (Wildman–Crippen LogP) is 2.86. The average molecular weight is 452 g/mol. The molecule has 32 heavy (non-hydrogen) atoms. The van der Waals surface area contributed by atoms with Crippen LogP contribution in [0.5, 0.6) is 0 Å². The van der Waals surface area contributed by atoms with Crippen LogP contribution in [0.15, 0.2) is 23.5 Å². The highest BCUT2D eigenvalue weighted by atomic mass is 19.1. The fraction of sp³-hybridized carbons (Fsp3) is 0.571. The summed E-state index contributed by atoms with van der Waals surface area (Å²) in [7, 11) is 1.54. The first-order valence-electron chi connectivity index (χ1n) is 10.3. The molecule has 0 bridgehead atoms. The van der Waals surface area contributed by atoms with E-state index >= 15 is 0 Å². The summed E-state index contributed by atoms with van der Waals surface area (Å²) in [6.07, 6.45) is 1.28. The monoisotopic (exact) mass is 452 g/mol. The van der Waals surface area contributed by atoms with Crippen molar-refractivity contribution in [3.63, 3.8) is 0 Å². The summed E-state index contributed by atoms with van der Waals surface area (Å²) in [5.74, 6) is -2.17. The van der Waals surface area contributed by atoms with Gasteiger partial charge < -0.3 is 24.2 Å². The Hall–Kier alpha value is -2.47. The maximum atomic E-state index is 14.1. The van der Waals surface area contributed by atoms with Gasteiger partial charge in [-0.15, -0.1) is 10.3 Å². The Kier molecular flexibility index (Phi) is 6.26. The fourth-order valence-electron chi connectivity index (χ4n) is 4.21. The number of halogens is 2. The Morgan fingerprint density at radius 2 is 2.06 bits per heavy atom. The SMILES string of the molecule is CO[C@@H]1[C@@H](n2cc(-c3cc(F)c(C)c(F)c3)nn2)[C@H]2OC(C)(C)OC[C@H]2O[C@@H]1CC=NO. The molecule has 1 aromatic heterocycles. The van der Waals surface area contributed by atoms with E-state index in [4.69, 9.17) is 24.2 Å². The van der Waals surface area contributed by atoms with Crippen LogP contribution in [0.3, 0.4) is 0 Å². The van der Waals surface area contributed by atoms with Gasteiger partial charge in [0, 0.05) is 30.9 Å². The van der Waals surface area contributed by atoms with Gasteiger partial charge in [0.25, 0.3) is 0 Å². The lowest BCUT2D eigenvalue weighted by Gasteiger charge is -2.50. The molecule has 3 heterocycles. The van der Waals surface area contributed by atoms with E-state index in [1.165, 1.54) is 32.4 Å². The van der Waals surface area contributed by atoms with E-state index in [1.807, 2.05) is 0 Å². The van der Waals surface area contributed by atoms with Gasteiger partial charge in [0.15, 0.2) is 5.79 Å². The van der Waals surface area contributed by atoms with Crippen molar-refractivity contribution < 1.29 is 32.9 Å². The largest absolute Gasteiger partial charge is 0.411 e. The van der Waals surface area contributed by atoms with Crippen LogP contribution in [0.25, 0.3) is 11.3 Å². The number of oxime groups is 1. The van der Waals surface area contributed by atoms with Crippen molar-refractivity contribution in [2.45, 2.75) is 63.4 Å². The van der Waals surface area contributed by atoms with Crippen molar-refractivity contribution in [2.75, 3.05) is 13.7 Å². The zero-order valence-corrected chi connectivity index (χ0v) is 18.2. The third-order valence-corrected chi connectivity index (χ3v) is 5.85. The van der Waals surface area contributed by atoms with Gasteiger partial charge in [-0.3, -0.25) is 0 Å². The highest BCUT2D eigenvalue weighted by Crippen LogP contribution is 2.40. The Bertz CT molecular complexity index is 975. The van der Waals surface area contributed by atoms with Gasteiger partial charge in [-0.05, 0) is 32.9 Å². The molecule has 2 aromatic rings. The summed E-state index contributed by atoms with van der Waals surface area (Å²) in [5, 5.41) is 20.3.